The Balaban J connectivity index is 1.12. The van der Waals surface area contributed by atoms with Crippen LogP contribution in [0.25, 0.3) is 79.0 Å². The maximum absolute atomic E-state index is 9.86. The van der Waals surface area contributed by atoms with E-state index >= 15 is 0 Å². The van der Waals surface area contributed by atoms with E-state index in [0.717, 1.165) is 72.5 Å². The maximum atomic E-state index is 9.86. The van der Waals surface area contributed by atoms with E-state index in [-0.39, 0.29) is 17.5 Å². The molecule has 0 unspecified atom stereocenters. The first-order valence-electron chi connectivity index (χ1n) is 22.0. The summed E-state index contributed by atoms with van der Waals surface area (Å²) in [7, 11) is 0. The molecule has 0 bridgehead atoms. The number of para-hydroxylation sites is 1. The van der Waals surface area contributed by atoms with E-state index in [1.165, 1.54) is 56.9 Å². The SMILES string of the molecule is CC(C)(C)c1cc(-c2cc3c4c(c2)Oc2c(c5sc6ccccc6c5c5c2sc2ccccc25)B4c2ccc(-n4c5ccccc5c5cc(C#N)ccc54)cc2O3)cc(C(C)(C)C)c1. The van der Waals surface area contributed by atoms with Crippen molar-refractivity contribution >= 4 is 108 Å². The molecule has 0 atom stereocenters. The molecule has 7 heteroatoms. The molecule has 0 saturated carbocycles. The molecule has 0 radical (unpaired) electrons. The van der Waals surface area contributed by atoms with Crippen molar-refractivity contribution < 1.29 is 9.47 Å². The minimum atomic E-state index is -0.145. The van der Waals surface area contributed by atoms with E-state index < -0.39 is 0 Å². The van der Waals surface area contributed by atoms with Gasteiger partial charge in [0, 0.05) is 63.6 Å². The fourth-order valence-corrected chi connectivity index (χ4v) is 12.9. The monoisotopic (exact) mass is 860 g/mol. The Morgan fingerprint density at radius 2 is 1.12 bits per heavy atom. The third kappa shape index (κ3) is 5.33. The average Bonchev–Trinajstić information content (AvgIpc) is 3.97. The zero-order chi connectivity index (χ0) is 43.4. The average molecular weight is 861 g/mol. The van der Waals surface area contributed by atoms with Crippen molar-refractivity contribution in [3.05, 3.63) is 156 Å². The van der Waals surface area contributed by atoms with Gasteiger partial charge in [-0.3, -0.25) is 0 Å². The predicted molar refractivity (Wildman–Crippen MR) is 272 cm³/mol. The standard InChI is InChI=1S/C57H41BN2O2S2/c1-56(2,3)34-24-32(25-35(28-34)57(4,5)6)33-26-45-51-46(27-33)62-53-52(54-49(38-14-8-11-17-47(38)63-54)50-39-15-9-12-18-48(39)64-55(50)53)58(51)41-21-20-36(29-44(41)61-45)60-42-16-10-7-13-37(42)40-23-31(30-59)19-22-43(40)60/h7-29H,1-6H3. The van der Waals surface area contributed by atoms with Gasteiger partial charge in [0.05, 0.1) is 27.4 Å². The first-order valence-corrected chi connectivity index (χ1v) is 23.6. The van der Waals surface area contributed by atoms with Crippen LogP contribution >= 0.6 is 22.7 Å². The van der Waals surface area contributed by atoms with Gasteiger partial charge >= 0.3 is 0 Å². The number of rotatable bonds is 2. The second kappa shape index (κ2) is 13.1. The van der Waals surface area contributed by atoms with Gasteiger partial charge in [0.25, 0.3) is 6.71 Å². The minimum Gasteiger partial charge on any atom is -0.458 e. The number of thiophene rings is 2. The van der Waals surface area contributed by atoms with Crippen molar-refractivity contribution in [2.24, 2.45) is 0 Å². The highest BCUT2D eigenvalue weighted by Crippen LogP contribution is 2.51. The quantitative estimate of drug-likeness (QED) is 0.163. The summed E-state index contributed by atoms with van der Waals surface area (Å²) >= 11 is 3.71. The van der Waals surface area contributed by atoms with E-state index in [9.17, 15) is 5.26 Å². The van der Waals surface area contributed by atoms with Crippen LogP contribution in [0.1, 0.15) is 58.2 Å². The van der Waals surface area contributed by atoms with E-state index in [1.54, 1.807) is 0 Å². The molecule has 4 nitrogen and oxygen atoms in total. The van der Waals surface area contributed by atoms with Crippen molar-refractivity contribution in [2.45, 2.75) is 52.4 Å². The number of hydrogen-bond acceptors (Lipinski definition) is 5. The Labute approximate surface area is 379 Å². The maximum Gasteiger partial charge on any atom is 0.262 e. The van der Waals surface area contributed by atoms with Gasteiger partial charge in [-0.25, -0.2) is 0 Å². The third-order valence-corrected chi connectivity index (χ3v) is 16.0. The van der Waals surface area contributed by atoms with Crippen molar-refractivity contribution in [3.8, 4) is 45.9 Å². The molecule has 0 aliphatic carbocycles. The highest BCUT2D eigenvalue weighted by atomic mass is 32.1. The lowest BCUT2D eigenvalue weighted by atomic mass is 9.34. The summed E-state index contributed by atoms with van der Waals surface area (Å²) in [5.41, 5.74) is 11.9. The molecule has 0 spiro atoms. The van der Waals surface area contributed by atoms with Gasteiger partial charge in [-0.2, -0.15) is 5.26 Å². The Bertz CT molecular complexity index is 3870. The summed E-state index contributed by atoms with van der Waals surface area (Å²) in [4.78, 5) is 0. The molecule has 2 aliphatic heterocycles. The van der Waals surface area contributed by atoms with Crippen molar-refractivity contribution in [2.75, 3.05) is 0 Å². The van der Waals surface area contributed by atoms with Gasteiger partial charge in [0.1, 0.15) is 23.0 Å². The molecular formula is C57H41BN2O2S2. The number of benzene rings is 8. The van der Waals surface area contributed by atoms with Crippen LogP contribution in [0.3, 0.4) is 0 Å². The van der Waals surface area contributed by atoms with Crippen LogP contribution < -0.4 is 25.9 Å². The van der Waals surface area contributed by atoms with Gasteiger partial charge < -0.3 is 14.0 Å². The molecule has 64 heavy (non-hydrogen) atoms. The van der Waals surface area contributed by atoms with E-state index in [2.05, 4.69) is 180 Å². The largest absolute Gasteiger partial charge is 0.458 e. The number of ether oxygens (including phenoxy) is 2. The number of nitrogens with zero attached hydrogens (tertiary/aromatic N) is 2. The molecule has 3 aromatic heterocycles. The van der Waals surface area contributed by atoms with Gasteiger partial charge in [0.15, 0.2) is 0 Å². The molecule has 0 amide bonds. The Hall–Kier alpha value is -6.85. The summed E-state index contributed by atoms with van der Waals surface area (Å²) in [5, 5.41) is 17.1. The third-order valence-electron chi connectivity index (χ3n) is 13.6. The molecule has 13 rings (SSSR count). The Kier molecular flexibility index (Phi) is 7.72. The van der Waals surface area contributed by atoms with E-state index in [0.29, 0.717) is 5.56 Å². The molecule has 5 heterocycles. The topological polar surface area (TPSA) is 47.2 Å². The van der Waals surface area contributed by atoms with Crippen LogP contribution in [0.5, 0.6) is 23.0 Å². The molecular weight excluding hydrogens is 820 g/mol. The summed E-state index contributed by atoms with van der Waals surface area (Å²) in [6, 6.07) is 52.9. The van der Waals surface area contributed by atoms with Gasteiger partial charge in [-0.1, -0.05) is 120 Å². The van der Waals surface area contributed by atoms with Crippen molar-refractivity contribution in [1.29, 1.82) is 5.26 Å². The first-order chi connectivity index (χ1) is 30.9. The molecule has 0 fully saturated rings. The molecule has 0 N–H and O–H groups in total. The summed E-state index contributed by atoms with van der Waals surface area (Å²) in [6.07, 6.45) is 0. The fraction of sp³-hybridized carbons (Fsp3) is 0.140. The van der Waals surface area contributed by atoms with E-state index in [4.69, 9.17) is 9.47 Å². The van der Waals surface area contributed by atoms with Gasteiger partial charge in [-0.15, -0.1) is 22.7 Å². The molecule has 0 saturated heterocycles. The Morgan fingerprint density at radius 1 is 0.531 bits per heavy atom. The Morgan fingerprint density at radius 3 is 1.81 bits per heavy atom. The van der Waals surface area contributed by atoms with Crippen LogP contribution in [0.4, 0.5) is 0 Å². The number of hydrogen-bond donors (Lipinski definition) is 0. The van der Waals surface area contributed by atoms with Crippen LogP contribution in [-0.2, 0) is 10.8 Å². The van der Waals surface area contributed by atoms with Crippen molar-refractivity contribution in [1.82, 2.24) is 4.57 Å². The van der Waals surface area contributed by atoms with Gasteiger partial charge in [-0.05, 0) is 98.6 Å². The first kappa shape index (κ1) is 37.7. The highest BCUT2D eigenvalue weighted by Gasteiger charge is 2.44. The lowest BCUT2D eigenvalue weighted by molar-refractivity contribution is 0.468. The lowest BCUT2D eigenvalue weighted by Gasteiger charge is -2.34. The number of aromatic nitrogens is 1. The number of nitriles is 1. The highest BCUT2D eigenvalue weighted by molar-refractivity contribution is 7.30. The fourth-order valence-electron chi connectivity index (χ4n) is 10.4. The van der Waals surface area contributed by atoms with Crippen LogP contribution in [0.15, 0.2) is 140 Å². The van der Waals surface area contributed by atoms with E-state index in [1.807, 2.05) is 34.8 Å². The summed E-state index contributed by atoms with van der Waals surface area (Å²) in [6.45, 7) is 13.6. The normalized spacial score (nSPS) is 13.4. The zero-order valence-corrected chi connectivity index (χ0v) is 38.0. The summed E-state index contributed by atoms with van der Waals surface area (Å²) < 4.78 is 22.0. The second-order valence-corrected chi connectivity index (χ2v) is 21.7. The van der Waals surface area contributed by atoms with Gasteiger partial charge in [0.2, 0.25) is 0 Å². The smallest absolute Gasteiger partial charge is 0.262 e. The second-order valence-electron chi connectivity index (χ2n) is 19.6. The lowest BCUT2D eigenvalue weighted by Crippen LogP contribution is -2.57. The zero-order valence-electron chi connectivity index (χ0n) is 36.4. The molecule has 8 aromatic carbocycles. The number of fused-ring (bicyclic) bond motifs is 16. The van der Waals surface area contributed by atoms with Crippen molar-refractivity contribution in [3.63, 3.8) is 0 Å². The van der Waals surface area contributed by atoms with Crippen LogP contribution in [0.2, 0.25) is 0 Å². The predicted octanol–water partition coefficient (Wildman–Crippen LogP) is 14.4. The van der Waals surface area contributed by atoms with Crippen LogP contribution in [-0.4, -0.2) is 11.3 Å². The molecule has 2 aliphatic rings. The van der Waals surface area contributed by atoms with Crippen LogP contribution in [0, 0.1) is 11.3 Å². The molecule has 306 valence electrons. The minimum absolute atomic E-state index is 0.0454. The summed E-state index contributed by atoms with van der Waals surface area (Å²) in [5.74, 6) is 3.43. The molecule has 11 aromatic rings.